The fourth-order valence-corrected chi connectivity index (χ4v) is 3.74. The smallest absolute Gasteiger partial charge is 0.275 e. The Labute approximate surface area is 104 Å². The van der Waals surface area contributed by atoms with E-state index in [0.717, 1.165) is 11.3 Å². The van der Waals surface area contributed by atoms with Crippen LogP contribution in [0.2, 0.25) is 0 Å². The summed E-state index contributed by atoms with van der Waals surface area (Å²) in [6, 6.07) is 7.49. The number of sulfone groups is 1. The number of aromatic amines is 1. The average Bonchev–Trinajstić information content (AvgIpc) is 2.73. The van der Waals surface area contributed by atoms with Crippen molar-refractivity contribution in [2.75, 3.05) is 0 Å². The minimum Gasteiger partial charge on any atom is -0.294 e. The quantitative estimate of drug-likeness (QED) is 0.832. The second kappa shape index (κ2) is 3.58. The van der Waals surface area contributed by atoms with Gasteiger partial charge in [-0.2, -0.15) is 0 Å². The molecule has 2 aromatic rings. The van der Waals surface area contributed by atoms with Crippen molar-refractivity contribution in [3.8, 4) is 5.69 Å². The lowest BCUT2D eigenvalue weighted by molar-refractivity contribution is 0.596. The fraction of sp³-hybridized carbons (Fsp3) is 0.250. The molecule has 94 valence electrons. The van der Waals surface area contributed by atoms with Crippen LogP contribution in [-0.4, -0.2) is 18.2 Å². The molecule has 2 heterocycles. The molecule has 6 heteroatoms. The van der Waals surface area contributed by atoms with Crippen LogP contribution in [0.3, 0.4) is 0 Å². The van der Waals surface area contributed by atoms with E-state index >= 15 is 0 Å². The van der Waals surface area contributed by atoms with Crippen molar-refractivity contribution >= 4 is 9.84 Å². The van der Waals surface area contributed by atoms with Gasteiger partial charge in [-0.3, -0.25) is 9.89 Å². The summed E-state index contributed by atoms with van der Waals surface area (Å²) < 4.78 is 24.3. The Bertz CT molecular complexity index is 784. The number of rotatable bonds is 1. The van der Waals surface area contributed by atoms with Crippen LogP contribution in [0.1, 0.15) is 16.8 Å². The maximum atomic E-state index is 12.1. The van der Waals surface area contributed by atoms with Crippen LogP contribution in [0.4, 0.5) is 0 Å². The molecule has 1 aliphatic heterocycles. The third kappa shape index (κ3) is 1.69. The average molecular weight is 264 g/mol. The van der Waals surface area contributed by atoms with E-state index in [1.807, 2.05) is 31.2 Å². The van der Waals surface area contributed by atoms with Crippen molar-refractivity contribution in [3.63, 3.8) is 0 Å². The number of H-pyrrole nitrogens is 1. The largest absolute Gasteiger partial charge is 0.294 e. The summed E-state index contributed by atoms with van der Waals surface area (Å²) in [7, 11) is -3.14. The molecule has 0 saturated carbocycles. The van der Waals surface area contributed by atoms with Gasteiger partial charge in [0.1, 0.15) is 0 Å². The van der Waals surface area contributed by atoms with E-state index in [2.05, 4.69) is 5.10 Å². The van der Waals surface area contributed by atoms with Gasteiger partial charge in [0.05, 0.1) is 28.5 Å². The highest BCUT2D eigenvalue weighted by Crippen LogP contribution is 2.21. The van der Waals surface area contributed by atoms with Crippen molar-refractivity contribution in [3.05, 3.63) is 51.4 Å². The van der Waals surface area contributed by atoms with Crippen LogP contribution in [-0.2, 0) is 21.3 Å². The number of fused-ring (bicyclic) bond motifs is 1. The summed E-state index contributed by atoms with van der Waals surface area (Å²) in [5, 5.41) is 2.89. The molecule has 0 amide bonds. The van der Waals surface area contributed by atoms with Gasteiger partial charge in [-0.1, -0.05) is 12.1 Å². The molecule has 0 spiro atoms. The molecule has 18 heavy (non-hydrogen) atoms. The van der Waals surface area contributed by atoms with Crippen LogP contribution in [0.5, 0.6) is 0 Å². The van der Waals surface area contributed by atoms with E-state index in [9.17, 15) is 13.2 Å². The highest BCUT2D eigenvalue weighted by molar-refractivity contribution is 7.90. The lowest BCUT2D eigenvalue weighted by atomic mass is 10.2. The zero-order valence-electron chi connectivity index (χ0n) is 9.80. The highest BCUT2D eigenvalue weighted by atomic mass is 32.2. The maximum absolute atomic E-state index is 12.1. The number of aryl methyl sites for hydroxylation is 1. The molecule has 0 atom stereocenters. The first-order valence-electron chi connectivity index (χ1n) is 5.56. The predicted octanol–water partition coefficient (Wildman–Crippen LogP) is 0.902. The minimum atomic E-state index is -3.14. The lowest BCUT2D eigenvalue weighted by Gasteiger charge is -2.03. The van der Waals surface area contributed by atoms with E-state index in [1.165, 1.54) is 4.68 Å². The number of nitrogens with zero attached hydrogens (tertiary/aromatic N) is 1. The summed E-state index contributed by atoms with van der Waals surface area (Å²) >= 11 is 0. The van der Waals surface area contributed by atoms with Gasteiger partial charge >= 0.3 is 0 Å². The Morgan fingerprint density at radius 3 is 2.72 bits per heavy atom. The molecule has 1 aliphatic rings. The van der Waals surface area contributed by atoms with Gasteiger partial charge in [0.15, 0.2) is 9.84 Å². The number of hydrogen-bond donors (Lipinski definition) is 1. The van der Waals surface area contributed by atoms with Crippen LogP contribution < -0.4 is 5.56 Å². The van der Waals surface area contributed by atoms with Crippen molar-refractivity contribution in [2.45, 2.75) is 18.4 Å². The van der Waals surface area contributed by atoms with Gasteiger partial charge in [-0.05, 0) is 24.6 Å². The zero-order chi connectivity index (χ0) is 12.9. The molecule has 0 fully saturated rings. The van der Waals surface area contributed by atoms with E-state index in [4.69, 9.17) is 0 Å². The molecule has 1 aromatic carbocycles. The van der Waals surface area contributed by atoms with Crippen molar-refractivity contribution in [1.82, 2.24) is 9.78 Å². The van der Waals surface area contributed by atoms with Crippen molar-refractivity contribution in [2.24, 2.45) is 0 Å². The second-order valence-electron chi connectivity index (χ2n) is 4.58. The Morgan fingerprint density at radius 2 is 2.06 bits per heavy atom. The first kappa shape index (κ1) is 11.3. The molecule has 3 rings (SSSR count). The van der Waals surface area contributed by atoms with Crippen LogP contribution in [0.15, 0.2) is 29.1 Å². The lowest BCUT2D eigenvalue weighted by Crippen LogP contribution is -2.18. The summed E-state index contributed by atoms with van der Waals surface area (Å²) in [6.07, 6.45) is 0. The molecule has 1 aromatic heterocycles. The Morgan fingerprint density at radius 1 is 1.28 bits per heavy atom. The van der Waals surface area contributed by atoms with Crippen molar-refractivity contribution < 1.29 is 8.42 Å². The normalized spacial score (nSPS) is 16.7. The first-order valence-corrected chi connectivity index (χ1v) is 7.39. The third-order valence-electron chi connectivity index (χ3n) is 3.06. The molecule has 0 saturated heterocycles. The number of hydrogen-bond acceptors (Lipinski definition) is 3. The zero-order valence-corrected chi connectivity index (χ0v) is 10.6. The second-order valence-corrected chi connectivity index (χ2v) is 6.65. The van der Waals surface area contributed by atoms with Gasteiger partial charge in [-0.25, -0.2) is 13.1 Å². The van der Waals surface area contributed by atoms with Gasteiger partial charge < -0.3 is 0 Å². The predicted molar refractivity (Wildman–Crippen MR) is 67.5 cm³/mol. The summed E-state index contributed by atoms with van der Waals surface area (Å²) in [5.74, 6) is -0.229. The van der Waals surface area contributed by atoms with Crippen LogP contribution in [0.25, 0.3) is 5.69 Å². The Kier molecular flexibility index (Phi) is 2.25. The monoisotopic (exact) mass is 264 g/mol. The van der Waals surface area contributed by atoms with Crippen molar-refractivity contribution in [1.29, 1.82) is 0 Å². The molecule has 0 aliphatic carbocycles. The van der Waals surface area contributed by atoms with E-state index in [0.29, 0.717) is 11.3 Å². The SMILES string of the molecule is Cc1cccc(-n2[nH]c3c(c2=O)CS(=O)(=O)C3)c1. The molecule has 1 N–H and O–H groups in total. The van der Waals surface area contributed by atoms with Crippen LogP contribution in [0, 0.1) is 6.92 Å². The number of nitrogens with one attached hydrogen (secondary N) is 1. The highest BCUT2D eigenvalue weighted by Gasteiger charge is 2.30. The summed E-state index contributed by atoms with van der Waals surface area (Å²) in [5.41, 5.74) is 2.39. The van der Waals surface area contributed by atoms with E-state index in [1.54, 1.807) is 0 Å². The van der Waals surface area contributed by atoms with Gasteiger partial charge in [-0.15, -0.1) is 0 Å². The van der Waals surface area contributed by atoms with Gasteiger partial charge in [0, 0.05) is 0 Å². The summed E-state index contributed by atoms with van der Waals surface area (Å²) in [6.45, 7) is 1.94. The minimum absolute atomic E-state index is 0.0730. The number of benzene rings is 1. The van der Waals surface area contributed by atoms with Gasteiger partial charge in [0.2, 0.25) is 0 Å². The first-order chi connectivity index (χ1) is 8.46. The van der Waals surface area contributed by atoms with E-state index < -0.39 is 9.84 Å². The standard InChI is InChI=1S/C12H12N2O3S/c1-8-3-2-4-9(5-8)14-12(15)10-6-18(16,17)7-11(10)13-14/h2-5,13H,6-7H2,1H3. The molecular formula is C12H12N2O3S. The topological polar surface area (TPSA) is 71.9 Å². The Hall–Kier alpha value is -1.82. The maximum Gasteiger partial charge on any atom is 0.275 e. The Balaban J connectivity index is 2.16. The third-order valence-corrected chi connectivity index (χ3v) is 4.52. The molecule has 0 radical (unpaired) electrons. The summed E-state index contributed by atoms with van der Waals surface area (Å²) in [4.78, 5) is 12.1. The molecular weight excluding hydrogens is 252 g/mol. The van der Waals surface area contributed by atoms with Gasteiger partial charge in [0.25, 0.3) is 5.56 Å². The molecule has 0 unspecified atom stereocenters. The molecule has 5 nitrogen and oxygen atoms in total. The van der Waals surface area contributed by atoms with Crippen LogP contribution >= 0.6 is 0 Å². The fourth-order valence-electron chi connectivity index (χ4n) is 2.23. The number of aromatic nitrogens is 2. The van der Waals surface area contributed by atoms with E-state index in [-0.39, 0.29) is 17.1 Å². The molecule has 0 bridgehead atoms.